The van der Waals surface area contributed by atoms with Crippen LogP contribution < -0.4 is 5.32 Å². The van der Waals surface area contributed by atoms with Crippen molar-refractivity contribution in [2.45, 2.75) is 12.6 Å². The van der Waals surface area contributed by atoms with E-state index in [-0.39, 0.29) is 11.8 Å². The Kier molecular flexibility index (Phi) is 5.09. The molecule has 108 valence electrons. The highest BCUT2D eigenvalue weighted by atomic mass is 35.5. The normalized spacial score (nSPS) is 13.3. The van der Waals surface area contributed by atoms with E-state index in [1.54, 1.807) is 0 Å². The average molecular weight is 332 g/mol. The Morgan fingerprint density at radius 2 is 2.05 bits per heavy atom. The first-order valence-electron chi connectivity index (χ1n) is 5.88. The van der Waals surface area contributed by atoms with Crippen LogP contribution in [0.1, 0.15) is 17.3 Å². The summed E-state index contributed by atoms with van der Waals surface area (Å²) in [6.07, 6.45) is 1.22. The molecule has 8 heteroatoms. The molecule has 2 aromatic rings. The predicted molar refractivity (Wildman–Crippen MR) is 80.7 cm³/mol. The number of hydrogen-bond acceptors (Lipinski definition) is 6. The average Bonchev–Trinajstić information content (AvgIpc) is 2.80. The zero-order chi connectivity index (χ0) is 14.6. The van der Waals surface area contributed by atoms with Crippen molar-refractivity contribution in [2.24, 2.45) is 0 Å². The van der Waals surface area contributed by atoms with Crippen LogP contribution in [0.15, 0.2) is 30.3 Å². The lowest BCUT2D eigenvalue weighted by molar-refractivity contribution is 0.546. The Morgan fingerprint density at radius 1 is 1.35 bits per heavy atom. The summed E-state index contributed by atoms with van der Waals surface area (Å²) in [6.45, 7) is 0.379. The molecule has 20 heavy (non-hydrogen) atoms. The molecule has 1 aromatic heterocycles. The molecule has 1 atom stereocenters. The molecule has 1 heterocycles. The first-order chi connectivity index (χ1) is 9.46. The molecule has 0 aliphatic rings. The Bertz CT molecular complexity index is 658. The van der Waals surface area contributed by atoms with Crippen molar-refractivity contribution in [1.29, 1.82) is 0 Å². The van der Waals surface area contributed by atoms with Gasteiger partial charge in [0.1, 0.15) is 19.9 Å². The summed E-state index contributed by atoms with van der Waals surface area (Å²) in [5.41, 5.74) is 1.54. The van der Waals surface area contributed by atoms with Crippen molar-refractivity contribution in [2.75, 3.05) is 12.0 Å². The van der Waals surface area contributed by atoms with Crippen LogP contribution >= 0.6 is 23.1 Å². The molecule has 0 saturated carbocycles. The lowest BCUT2D eigenvalue weighted by atomic mass is 10.1. The van der Waals surface area contributed by atoms with Crippen LogP contribution in [0, 0.1) is 0 Å². The second-order valence-electron chi connectivity index (χ2n) is 4.43. The third-order valence-corrected chi connectivity index (χ3v) is 4.62. The number of halogens is 1. The molecule has 0 fully saturated rings. The van der Waals surface area contributed by atoms with E-state index >= 15 is 0 Å². The van der Waals surface area contributed by atoms with Gasteiger partial charge in [-0.15, -0.1) is 5.10 Å². The van der Waals surface area contributed by atoms with Crippen molar-refractivity contribution in [3.05, 3.63) is 45.9 Å². The smallest absolute Gasteiger partial charge is 0.149 e. The van der Waals surface area contributed by atoms with Crippen molar-refractivity contribution in [3.63, 3.8) is 0 Å². The lowest BCUT2D eigenvalue weighted by Crippen LogP contribution is -2.27. The molecule has 1 aromatic carbocycles. The van der Waals surface area contributed by atoms with E-state index in [1.165, 1.54) is 6.26 Å². The SMILES string of the molecule is CS(=O)(=O)C[C@H](NCc1nnsc1Cl)c1ccccc1. The van der Waals surface area contributed by atoms with Crippen LogP contribution in [0.2, 0.25) is 4.34 Å². The molecule has 0 aliphatic carbocycles. The number of benzene rings is 1. The van der Waals surface area contributed by atoms with Gasteiger partial charge < -0.3 is 5.32 Å². The highest BCUT2D eigenvalue weighted by molar-refractivity contribution is 7.90. The van der Waals surface area contributed by atoms with E-state index in [0.717, 1.165) is 17.1 Å². The summed E-state index contributed by atoms with van der Waals surface area (Å²) < 4.78 is 27.4. The van der Waals surface area contributed by atoms with Crippen LogP contribution in [-0.2, 0) is 16.4 Å². The van der Waals surface area contributed by atoms with E-state index in [1.807, 2.05) is 30.3 Å². The molecule has 0 aliphatic heterocycles. The summed E-state index contributed by atoms with van der Waals surface area (Å²) in [5.74, 6) is 0.0200. The zero-order valence-corrected chi connectivity index (χ0v) is 13.2. The standard InChI is InChI=1S/C12H14ClN3O2S2/c1-20(17,18)8-11(9-5-3-2-4-6-9)14-7-10-12(13)19-16-15-10/h2-6,11,14H,7-8H2,1H3/t11-/m0/s1. The first-order valence-corrected chi connectivity index (χ1v) is 9.09. The number of hydrogen-bond donors (Lipinski definition) is 1. The first kappa shape index (κ1) is 15.4. The topological polar surface area (TPSA) is 72.0 Å². The lowest BCUT2D eigenvalue weighted by Gasteiger charge is -2.17. The summed E-state index contributed by atoms with van der Waals surface area (Å²) in [6, 6.07) is 9.13. The summed E-state index contributed by atoms with van der Waals surface area (Å²) in [4.78, 5) is 0. The van der Waals surface area contributed by atoms with E-state index in [2.05, 4.69) is 14.9 Å². The predicted octanol–water partition coefficient (Wildman–Crippen LogP) is 2.07. The maximum Gasteiger partial charge on any atom is 0.149 e. The molecular formula is C12H14ClN3O2S2. The Labute approximate surface area is 127 Å². The summed E-state index contributed by atoms with van der Waals surface area (Å²) >= 11 is 7.05. The van der Waals surface area contributed by atoms with Gasteiger partial charge in [0.25, 0.3) is 0 Å². The van der Waals surface area contributed by atoms with Crippen LogP contribution in [0.25, 0.3) is 0 Å². The molecule has 1 N–H and O–H groups in total. The third-order valence-electron chi connectivity index (χ3n) is 2.70. The van der Waals surface area contributed by atoms with Gasteiger partial charge in [-0.25, -0.2) is 8.42 Å². The maximum atomic E-state index is 11.6. The van der Waals surface area contributed by atoms with Gasteiger partial charge in [0.05, 0.1) is 5.75 Å². The van der Waals surface area contributed by atoms with Crippen molar-refractivity contribution < 1.29 is 8.42 Å². The van der Waals surface area contributed by atoms with Gasteiger partial charge in [-0.1, -0.05) is 46.4 Å². The number of aromatic nitrogens is 2. The molecule has 0 saturated heterocycles. The third kappa shape index (κ3) is 4.52. The van der Waals surface area contributed by atoms with Crippen LogP contribution in [0.5, 0.6) is 0 Å². The number of nitrogens with one attached hydrogen (secondary N) is 1. The minimum Gasteiger partial charge on any atom is -0.303 e. The molecule has 0 amide bonds. The molecule has 0 bridgehead atoms. The van der Waals surface area contributed by atoms with Gasteiger partial charge >= 0.3 is 0 Å². The van der Waals surface area contributed by atoms with E-state index in [9.17, 15) is 8.42 Å². The molecule has 0 unspecified atom stereocenters. The minimum absolute atomic E-state index is 0.0200. The fourth-order valence-electron chi connectivity index (χ4n) is 1.78. The zero-order valence-electron chi connectivity index (χ0n) is 10.8. The van der Waals surface area contributed by atoms with E-state index in [4.69, 9.17) is 11.6 Å². The fourth-order valence-corrected chi connectivity index (χ4v) is 3.33. The molecule has 5 nitrogen and oxygen atoms in total. The highest BCUT2D eigenvalue weighted by Gasteiger charge is 2.18. The van der Waals surface area contributed by atoms with Crippen molar-refractivity contribution >= 4 is 33.0 Å². The molecule has 2 rings (SSSR count). The Morgan fingerprint density at radius 3 is 2.60 bits per heavy atom. The molecule has 0 spiro atoms. The maximum absolute atomic E-state index is 11.6. The number of nitrogens with zero attached hydrogens (tertiary/aromatic N) is 2. The van der Waals surface area contributed by atoms with Crippen LogP contribution in [0.4, 0.5) is 0 Å². The second-order valence-corrected chi connectivity index (χ2v) is 7.97. The van der Waals surface area contributed by atoms with Gasteiger partial charge in [0, 0.05) is 30.4 Å². The Balaban J connectivity index is 2.13. The van der Waals surface area contributed by atoms with Crippen molar-refractivity contribution in [1.82, 2.24) is 14.9 Å². The highest BCUT2D eigenvalue weighted by Crippen LogP contribution is 2.19. The second kappa shape index (κ2) is 6.62. The van der Waals surface area contributed by atoms with Gasteiger partial charge in [0.15, 0.2) is 0 Å². The monoisotopic (exact) mass is 331 g/mol. The Hall–Kier alpha value is -1.02. The number of rotatable bonds is 6. The van der Waals surface area contributed by atoms with E-state index < -0.39 is 9.84 Å². The quantitative estimate of drug-likeness (QED) is 0.877. The van der Waals surface area contributed by atoms with Crippen LogP contribution in [-0.4, -0.2) is 30.0 Å². The molecular weight excluding hydrogens is 318 g/mol. The van der Waals surface area contributed by atoms with Crippen LogP contribution in [0.3, 0.4) is 0 Å². The largest absolute Gasteiger partial charge is 0.303 e. The summed E-state index contributed by atoms with van der Waals surface area (Å²) in [5, 5.41) is 7.08. The molecule has 0 radical (unpaired) electrons. The van der Waals surface area contributed by atoms with E-state index in [0.29, 0.717) is 16.6 Å². The van der Waals surface area contributed by atoms with Gasteiger partial charge in [-0.3, -0.25) is 0 Å². The number of sulfone groups is 1. The van der Waals surface area contributed by atoms with Gasteiger partial charge in [-0.05, 0) is 5.56 Å². The minimum atomic E-state index is -3.10. The summed E-state index contributed by atoms with van der Waals surface area (Å²) in [7, 11) is -3.10. The van der Waals surface area contributed by atoms with Gasteiger partial charge in [-0.2, -0.15) is 0 Å². The fraction of sp³-hybridized carbons (Fsp3) is 0.333. The van der Waals surface area contributed by atoms with Gasteiger partial charge in [0.2, 0.25) is 0 Å². The van der Waals surface area contributed by atoms with Crippen molar-refractivity contribution in [3.8, 4) is 0 Å².